The van der Waals surface area contributed by atoms with E-state index in [1.54, 1.807) is 24.5 Å². The molecule has 0 aliphatic rings. The summed E-state index contributed by atoms with van der Waals surface area (Å²) >= 11 is 1.13. The number of pyridine rings is 1. The highest BCUT2D eigenvalue weighted by atomic mass is 32.2. The van der Waals surface area contributed by atoms with Gasteiger partial charge in [-0.1, -0.05) is 11.8 Å². The van der Waals surface area contributed by atoms with Crippen molar-refractivity contribution in [3.8, 4) is 0 Å². The summed E-state index contributed by atoms with van der Waals surface area (Å²) in [5.41, 5.74) is -0.676. The Hall–Kier alpha value is -2.99. The van der Waals surface area contributed by atoms with Gasteiger partial charge in [-0.25, -0.2) is 13.4 Å². The van der Waals surface area contributed by atoms with Crippen LogP contribution < -0.4 is 10.3 Å². The highest BCUT2D eigenvalue weighted by Crippen LogP contribution is 2.36. The van der Waals surface area contributed by atoms with Gasteiger partial charge in [-0.15, -0.1) is 0 Å². The summed E-state index contributed by atoms with van der Waals surface area (Å²) in [4.78, 5) is 34.0. The Morgan fingerprint density at radius 3 is 2.58 bits per heavy atom. The summed E-state index contributed by atoms with van der Waals surface area (Å²) in [5, 5.41) is 11.4. The minimum atomic E-state index is -3.70. The largest absolute Gasteiger partial charge is 0.317 e. The van der Waals surface area contributed by atoms with Crippen LogP contribution in [0.5, 0.6) is 0 Å². The Balaban J connectivity index is 2.16. The number of hydrogen-bond donors (Lipinski definition) is 2. The van der Waals surface area contributed by atoms with Crippen molar-refractivity contribution in [2.24, 2.45) is 0 Å². The molecule has 1 aromatic carbocycles. The van der Waals surface area contributed by atoms with E-state index in [1.807, 2.05) is 4.72 Å². The number of fused-ring (bicyclic) bond motifs is 1. The lowest BCUT2D eigenvalue weighted by Crippen LogP contribution is -2.20. The SMILES string of the molecule is CS(=O)(=O)Nc1nc2cc(Sc3ccncc3)c([N+](=O)[O-])cc2[nH]c1=O. The summed E-state index contributed by atoms with van der Waals surface area (Å²) in [5.74, 6) is -0.409. The second kappa shape index (κ2) is 6.72. The van der Waals surface area contributed by atoms with Crippen molar-refractivity contribution in [2.45, 2.75) is 9.79 Å². The molecule has 10 nitrogen and oxygen atoms in total. The van der Waals surface area contributed by atoms with Crippen LogP contribution in [0, 0.1) is 10.1 Å². The van der Waals surface area contributed by atoms with Crippen LogP contribution in [0.2, 0.25) is 0 Å². The van der Waals surface area contributed by atoms with E-state index in [0.29, 0.717) is 4.90 Å². The first-order chi connectivity index (χ1) is 12.2. The van der Waals surface area contributed by atoms with Gasteiger partial charge in [0.25, 0.3) is 11.2 Å². The maximum Gasteiger partial charge on any atom is 0.292 e. The Bertz CT molecular complexity index is 1160. The number of hydrogen-bond acceptors (Lipinski definition) is 8. The van der Waals surface area contributed by atoms with E-state index < -0.39 is 26.3 Å². The van der Waals surface area contributed by atoms with Crippen LogP contribution in [-0.2, 0) is 10.0 Å². The average molecular weight is 393 g/mol. The number of sulfonamides is 1. The lowest BCUT2D eigenvalue weighted by molar-refractivity contribution is -0.387. The van der Waals surface area contributed by atoms with Gasteiger partial charge in [-0.3, -0.25) is 24.6 Å². The first-order valence-corrected chi connectivity index (χ1v) is 9.72. The second-order valence-corrected chi connectivity index (χ2v) is 8.03. The fourth-order valence-corrected chi connectivity index (χ4v) is 3.52. The number of anilines is 1. The zero-order valence-electron chi connectivity index (χ0n) is 13.2. The van der Waals surface area contributed by atoms with E-state index >= 15 is 0 Å². The molecule has 3 aromatic rings. The van der Waals surface area contributed by atoms with E-state index in [0.717, 1.165) is 22.9 Å². The number of H-pyrrole nitrogens is 1. The normalized spacial score (nSPS) is 11.4. The number of nitro benzene ring substituents is 1. The molecule has 0 unspecified atom stereocenters. The third-order valence-electron chi connectivity index (χ3n) is 3.13. The van der Waals surface area contributed by atoms with Gasteiger partial charge in [0, 0.05) is 23.4 Å². The highest BCUT2D eigenvalue weighted by molar-refractivity contribution is 7.99. The van der Waals surface area contributed by atoms with Gasteiger partial charge >= 0.3 is 0 Å². The Labute approximate surface area is 150 Å². The molecule has 3 rings (SSSR count). The third-order valence-corrected chi connectivity index (χ3v) is 4.75. The van der Waals surface area contributed by atoms with Crippen molar-refractivity contribution in [3.63, 3.8) is 0 Å². The van der Waals surface area contributed by atoms with Gasteiger partial charge in [-0.2, -0.15) is 0 Å². The molecule has 2 heterocycles. The summed E-state index contributed by atoms with van der Waals surface area (Å²) in [7, 11) is -3.70. The van der Waals surface area contributed by atoms with Crippen molar-refractivity contribution in [1.29, 1.82) is 0 Å². The molecule has 0 amide bonds. The molecule has 0 radical (unpaired) electrons. The predicted molar refractivity (Wildman–Crippen MR) is 95.8 cm³/mol. The van der Waals surface area contributed by atoms with Crippen molar-refractivity contribution in [1.82, 2.24) is 15.0 Å². The van der Waals surface area contributed by atoms with Gasteiger partial charge in [0.2, 0.25) is 15.8 Å². The van der Waals surface area contributed by atoms with Crippen LogP contribution in [0.3, 0.4) is 0 Å². The standard InChI is InChI=1S/C14H11N5O5S2/c1-26(23,24)18-13-14(20)17-9-6-11(19(21)22)12(7-10(9)16-13)25-8-2-4-15-5-3-8/h2-7H,1H3,(H,16,18)(H,17,20). The topological polar surface area (TPSA) is 148 Å². The lowest BCUT2D eigenvalue weighted by atomic mass is 10.2. The fourth-order valence-electron chi connectivity index (χ4n) is 2.11. The highest BCUT2D eigenvalue weighted by Gasteiger charge is 2.19. The van der Waals surface area contributed by atoms with Crippen LogP contribution in [-0.4, -0.2) is 34.5 Å². The number of rotatable bonds is 5. The second-order valence-electron chi connectivity index (χ2n) is 5.17. The molecule has 0 saturated heterocycles. The quantitative estimate of drug-likeness (QED) is 0.492. The zero-order valence-corrected chi connectivity index (χ0v) is 14.8. The molecular formula is C14H11N5O5S2. The Morgan fingerprint density at radius 1 is 1.27 bits per heavy atom. The van der Waals surface area contributed by atoms with Gasteiger partial charge < -0.3 is 4.98 Å². The molecule has 0 fully saturated rings. The molecule has 0 aliphatic heterocycles. The molecule has 0 aliphatic carbocycles. The van der Waals surface area contributed by atoms with Gasteiger partial charge in [0.15, 0.2) is 0 Å². The van der Waals surface area contributed by atoms with Gasteiger partial charge in [0.05, 0.1) is 27.1 Å². The maximum atomic E-state index is 11.9. The fraction of sp³-hybridized carbons (Fsp3) is 0.0714. The summed E-state index contributed by atoms with van der Waals surface area (Å²) < 4.78 is 24.7. The van der Waals surface area contributed by atoms with Gasteiger partial charge in [0.1, 0.15) is 0 Å². The number of nitrogens with one attached hydrogen (secondary N) is 2. The van der Waals surface area contributed by atoms with E-state index in [9.17, 15) is 23.3 Å². The first kappa shape index (κ1) is 17.8. The number of nitro groups is 1. The van der Waals surface area contributed by atoms with Crippen LogP contribution in [0.1, 0.15) is 0 Å². The molecule has 0 atom stereocenters. The molecule has 134 valence electrons. The molecular weight excluding hydrogens is 382 g/mol. The number of benzene rings is 1. The summed E-state index contributed by atoms with van der Waals surface area (Å²) in [6.07, 6.45) is 4.00. The van der Waals surface area contributed by atoms with Crippen LogP contribution in [0.15, 0.2) is 51.2 Å². The molecule has 2 aromatic heterocycles. The number of nitrogens with zero attached hydrogens (tertiary/aromatic N) is 3. The smallest absolute Gasteiger partial charge is 0.292 e. The Morgan fingerprint density at radius 2 is 1.96 bits per heavy atom. The number of aromatic nitrogens is 3. The van der Waals surface area contributed by atoms with Crippen LogP contribution in [0.25, 0.3) is 11.0 Å². The summed E-state index contributed by atoms with van der Waals surface area (Å²) in [6.45, 7) is 0. The van der Waals surface area contributed by atoms with Crippen LogP contribution >= 0.6 is 11.8 Å². The molecule has 0 spiro atoms. The zero-order chi connectivity index (χ0) is 18.9. The minimum absolute atomic E-state index is 0.125. The summed E-state index contributed by atoms with van der Waals surface area (Å²) in [6, 6.07) is 5.99. The van der Waals surface area contributed by atoms with Crippen molar-refractivity contribution in [3.05, 3.63) is 57.1 Å². The molecule has 26 heavy (non-hydrogen) atoms. The predicted octanol–water partition coefficient (Wildman–Crippen LogP) is 1.75. The number of aromatic amines is 1. The maximum absolute atomic E-state index is 11.9. The van der Waals surface area contributed by atoms with Crippen molar-refractivity contribution >= 4 is 44.3 Å². The average Bonchev–Trinajstić information content (AvgIpc) is 2.55. The molecule has 12 heteroatoms. The van der Waals surface area contributed by atoms with Crippen molar-refractivity contribution < 1.29 is 13.3 Å². The van der Waals surface area contributed by atoms with E-state index in [2.05, 4.69) is 15.0 Å². The minimum Gasteiger partial charge on any atom is -0.317 e. The van der Waals surface area contributed by atoms with E-state index in [1.165, 1.54) is 12.1 Å². The van der Waals surface area contributed by atoms with Gasteiger partial charge in [-0.05, 0) is 18.2 Å². The molecule has 2 N–H and O–H groups in total. The van der Waals surface area contributed by atoms with Crippen LogP contribution in [0.4, 0.5) is 11.5 Å². The molecule has 0 saturated carbocycles. The lowest BCUT2D eigenvalue weighted by Gasteiger charge is -2.07. The van der Waals surface area contributed by atoms with E-state index in [4.69, 9.17) is 0 Å². The van der Waals surface area contributed by atoms with E-state index in [-0.39, 0.29) is 16.7 Å². The Kier molecular flexibility index (Phi) is 4.61. The molecule has 0 bridgehead atoms. The monoisotopic (exact) mass is 393 g/mol. The first-order valence-electron chi connectivity index (χ1n) is 7.01. The van der Waals surface area contributed by atoms with Crippen molar-refractivity contribution in [2.75, 3.05) is 11.0 Å². The third kappa shape index (κ3) is 3.97.